The van der Waals surface area contributed by atoms with Crippen molar-refractivity contribution in [1.82, 2.24) is 0 Å². The molecule has 0 heterocycles. The van der Waals surface area contributed by atoms with Crippen molar-refractivity contribution in [2.45, 2.75) is 6.92 Å². The van der Waals surface area contributed by atoms with E-state index in [1.807, 2.05) is 0 Å². The monoisotopic (exact) mass is 176 g/mol. The zero-order valence-electron chi connectivity index (χ0n) is 6.87. The maximum Gasteiger partial charge on any atom is 0.356 e. The van der Waals surface area contributed by atoms with Crippen molar-refractivity contribution in [2.75, 3.05) is 13.7 Å². The van der Waals surface area contributed by atoms with Gasteiger partial charge in [-0.3, -0.25) is 4.57 Å². The lowest BCUT2D eigenvalue weighted by atomic mass is 10.7. The summed E-state index contributed by atoms with van der Waals surface area (Å²) in [5.41, 5.74) is 0. The molecule has 0 aromatic carbocycles. The number of hydrogen-bond donors (Lipinski definition) is 0. The van der Waals surface area contributed by atoms with Crippen molar-refractivity contribution in [2.24, 2.45) is 0 Å². The summed E-state index contributed by atoms with van der Waals surface area (Å²) in [6.45, 7) is 8.74. The van der Waals surface area contributed by atoms with Gasteiger partial charge < -0.3 is 9.05 Å². The Labute approximate surface area is 67.2 Å². The van der Waals surface area contributed by atoms with Crippen molar-refractivity contribution in [3.63, 3.8) is 0 Å². The van der Waals surface area contributed by atoms with Gasteiger partial charge in [-0.2, -0.15) is 0 Å². The number of allylic oxidation sites excluding steroid dienone is 1. The standard InChI is InChI=1S/C7H13O3P/c1-5-6-10-11(8,9-4)7(2)3/h5H,1-2,6H2,3-4H3. The average Bonchev–Trinajstić information content (AvgIpc) is 2.00. The Kier molecular flexibility index (Phi) is 4.34. The summed E-state index contributed by atoms with van der Waals surface area (Å²) >= 11 is 0. The molecule has 0 saturated heterocycles. The molecular formula is C7H13O3P. The summed E-state index contributed by atoms with van der Waals surface area (Å²) in [5.74, 6) is 0. The first kappa shape index (κ1) is 10.6. The van der Waals surface area contributed by atoms with Gasteiger partial charge in [0, 0.05) is 12.4 Å². The maximum atomic E-state index is 11.4. The molecule has 0 aromatic heterocycles. The summed E-state index contributed by atoms with van der Waals surface area (Å²) in [7, 11) is -1.72. The summed E-state index contributed by atoms with van der Waals surface area (Å²) in [6, 6.07) is 0. The maximum absolute atomic E-state index is 11.4. The molecule has 0 radical (unpaired) electrons. The Morgan fingerprint density at radius 2 is 2.27 bits per heavy atom. The second-order valence-corrected chi connectivity index (χ2v) is 4.38. The van der Waals surface area contributed by atoms with Crippen molar-refractivity contribution in [1.29, 1.82) is 0 Å². The minimum absolute atomic E-state index is 0.206. The third kappa shape index (κ3) is 3.02. The first-order chi connectivity index (χ1) is 5.06. The van der Waals surface area contributed by atoms with E-state index in [4.69, 9.17) is 4.52 Å². The topological polar surface area (TPSA) is 35.5 Å². The molecule has 0 aliphatic rings. The van der Waals surface area contributed by atoms with Gasteiger partial charge >= 0.3 is 7.60 Å². The van der Waals surface area contributed by atoms with E-state index in [1.165, 1.54) is 13.2 Å². The number of hydrogen-bond acceptors (Lipinski definition) is 3. The van der Waals surface area contributed by atoms with Crippen LogP contribution in [0.4, 0.5) is 0 Å². The van der Waals surface area contributed by atoms with Crippen molar-refractivity contribution in [3.8, 4) is 0 Å². The zero-order chi connectivity index (χ0) is 8.91. The molecule has 11 heavy (non-hydrogen) atoms. The summed E-state index contributed by atoms with van der Waals surface area (Å²) < 4.78 is 21.0. The molecule has 0 aromatic rings. The zero-order valence-corrected chi connectivity index (χ0v) is 7.77. The van der Waals surface area contributed by atoms with Gasteiger partial charge in [-0.15, -0.1) is 6.58 Å². The van der Waals surface area contributed by atoms with Crippen LogP contribution >= 0.6 is 7.60 Å². The van der Waals surface area contributed by atoms with Crippen LogP contribution in [-0.4, -0.2) is 13.7 Å². The molecule has 0 amide bonds. The van der Waals surface area contributed by atoms with Crippen LogP contribution in [0, 0.1) is 0 Å². The van der Waals surface area contributed by atoms with Gasteiger partial charge in [0.25, 0.3) is 0 Å². The molecule has 0 rings (SSSR count). The van der Waals surface area contributed by atoms with E-state index in [1.54, 1.807) is 6.92 Å². The third-order valence-corrected chi connectivity index (χ3v) is 2.97. The summed E-state index contributed by atoms with van der Waals surface area (Å²) in [4.78, 5) is 0. The molecule has 1 atom stereocenters. The van der Waals surface area contributed by atoms with E-state index < -0.39 is 7.60 Å². The fourth-order valence-corrected chi connectivity index (χ4v) is 1.41. The van der Waals surface area contributed by atoms with Crippen molar-refractivity contribution >= 4 is 7.60 Å². The fraction of sp³-hybridized carbons (Fsp3) is 0.429. The van der Waals surface area contributed by atoms with E-state index in [-0.39, 0.29) is 6.61 Å². The highest BCUT2D eigenvalue weighted by molar-refractivity contribution is 7.58. The van der Waals surface area contributed by atoms with Gasteiger partial charge in [-0.05, 0) is 6.92 Å². The van der Waals surface area contributed by atoms with Crippen molar-refractivity contribution in [3.05, 3.63) is 24.5 Å². The summed E-state index contributed by atoms with van der Waals surface area (Å²) in [6.07, 6.45) is 1.51. The van der Waals surface area contributed by atoms with Crippen LogP contribution in [0.1, 0.15) is 6.92 Å². The lowest BCUT2D eigenvalue weighted by Gasteiger charge is -2.14. The highest BCUT2D eigenvalue weighted by atomic mass is 31.2. The molecule has 1 unspecified atom stereocenters. The lowest BCUT2D eigenvalue weighted by molar-refractivity contribution is 0.261. The van der Waals surface area contributed by atoms with Crippen molar-refractivity contribution < 1.29 is 13.6 Å². The molecule has 0 aliphatic heterocycles. The molecule has 3 nitrogen and oxygen atoms in total. The first-order valence-corrected chi connectivity index (χ1v) is 4.68. The Balaban J connectivity index is 4.23. The van der Waals surface area contributed by atoms with Crippen LogP contribution in [0.15, 0.2) is 24.5 Å². The van der Waals surface area contributed by atoms with E-state index in [2.05, 4.69) is 17.7 Å². The molecule has 0 fully saturated rings. The predicted molar refractivity (Wildman–Crippen MR) is 45.6 cm³/mol. The third-order valence-electron chi connectivity index (χ3n) is 1.07. The van der Waals surface area contributed by atoms with E-state index >= 15 is 0 Å². The van der Waals surface area contributed by atoms with Gasteiger partial charge in [0.15, 0.2) is 0 Å². The van der Waals surface area contributed by atoms with E-state index in [0.29, 0.717) is 5.31 Å². The first-order valence-electron chi connectivity index (χ1n) is 3.14. The molecule has 0 spiro atoms. The molecule has 4 heteroatoms. The Morgan fingerprint density at radius 3 is 2.55 bits per heavy atom. The smallest absolute Gasteiger partial charge is 0.309 e. The van der Waals surface area contributed by atoms with Gasteiger partial charge in [0.05, 0.1) is 6.61 Å². The molecule has 0 aliphatic carbocycles. The van der Waals surface area contributed by atoms with Gasteiger partial charge in [-0.1, -0.05) is 12.7 Å². The minimum Gasteiger partial charge on any atom is -0.309 e. The van der Waals surface area contributed by atoms with Crippen LogP contribution in [-0.2, 0) is 13.6 Å². The molecule has 0 bridgehead atoms. The quantitative estimate of drug-likeness (QED) is 0.477. The van der Waals surface area contributed by atoms with Gasteiger partial charge in [-0.25, -0.2) is 0 Å². The second kappa shape index (κ2) is 4.50. The highest BCUT2D eigenvalue weighted by Crippen LogP contribution is 2.54. The Bertz CT molecular complexity index is 198. The molecule has 0 saturated carbocycles. The Morgan fingerprint density at radius 1 is 1.73 bits per heavy atom. The Hall–Kier alpha value is -0.370. The SMILES string of the molecule is C=CCOP(=O)(OC)C(=C)C. The lowest BCUT2D eigenvalue weighted by Crippen LogP contribution is -1.92. The number of rotatable bonds is 5. The van der Waals surface area contributed by atoms with Gasteiger partial charge in [0.1, 0.15) is 0 Å². The van der Waals surface area contributed by atoms with Crippen LogP contribution in [0.2, 0.25) is 0 Å². The summed E-state index contributed by atoms with van der Waals surface area (Å²) in [5, 5.41) is 0.404. The largest absolute Gasteiger partial charge is 0.356 e. The molecule has 64 valence electrons. The molecular weight excluding hydrogens is 163 g/mol. The second-order valence-electron chi connectivity index (χ2n) is 2.00. The minimum atomic E-state index is -3.05. The normalized spacial score (nSPS) is 15.5. The van der Waals surface area contributed by atoms with E-state index in [9.17, 15) is 4.57 Å². The fourth-order valence-electron chi connectivity index (χ4n) is 0.470. The van der Waals surface area contributed by atoms with Crippen LogP contribution in [0.5, 0.6) is 0 Å². The average molecular weight is 176 g/mol. The van der Waals surface area contributed by atoms with Gasteiger partial charge in [0.2, 0.25) is 0 Å². The van der Waals surface area contributed by atoms with Crippen LogP contribution in [0.3, 0.4) is 0 Å². The predicted octanol–water partition coefficient (Wildman–Crippen LogP) is 2.56. The molecule has 0 N–H and O–H groups in total. The van der Waals surface area contributed by atoms with Crippen LogP contribution < -0.4 is 0 Å². The van der Waals surface area contributed by atoms with Crippen LogP contribution in [0.25, 0.3) is 0 Å². The highest BCUT2D eigenvalue weighted by Gasteiger charge is 2.22. The van der Waals surface area contributed by atoms with E-state index in [0.717, 1.165) is 0 Å².